The monoisotopic (exact) mass is 281 g/mol. The molecule has 3 aromatic rings. The molecule has 1 fully saturated rings. The molecule has 0 aliphatic carbocycles. The Balaban J connectivity index is 1.97. The average Bonchev–Trinajstić information content (AvgIpc) is 2.98. The second-order valence-corrected chi connectivity index (χ2v) is 5.94. The summed E-state index contributed by atoms with van der Waals surface area (Å²) in [6.45, 7) is 3.11. The summed E-state index contributed by atoms with van der Waals surface area (Å²) in [7, 11) is 0. The maximum atomic E-state index is 6.17. The Bertz CT molecular complexity index is 794. The van der Waals surface area contributed by atoms with Crippen molar-refractivity contribution in [2.45, 2.75) is 31.8 Å². The molecule has 3 N–H and O–H groups in total. The van der Waals surface area contributed by atoms with E-state index in [-0.39, 0.29) is 6.04 Å². The smallest absolute Gasteiger partial charge is 0.137 e. The molecule has 5 heteroatoms. The number of H-pyrrole nitrogens is 1. The van der Waals surface area contributed by atoms with Gasteiger partial charge in [0.05, 0.1) is 0 Å². The van der Waals surface area contributed by atoms with Gasteiger partial charge in [-0.15, -0.1) is 0 Å². The van der Waals surface area contributed by atoms with Gasteiger partial charge in [-0.25, -0.2) is 9.97 Å². The van der Waals surface area contributed by atoms with Crippen LogP contribution in [-0.4, -0.2) is 33.6 Å². The molecular weight excluding hydrogens is 262 g/mol. The molecule has 1 saturated heterocycles. The molecule has 0 saturated carbocycles. The van der Waals surface area contributed by atoms with Gasteiger partial charge in [-0.05, 0) is 31.9 Å². The van der Waals surface area contributed by atoms with Crippen molar-refractivity contribution in [3.63, 3.8) is 0 Å². The molecule has 0 aromatic carbocycles. The Morgan fingerprint density at radius 3 is 3.10 bits per heavy atom. The average molecular weight is 281 g/mol. The lowest BCUT2D eigenvalue weighted by Crippen LogP contribution is -2.48. The van der Waals surface area contributed by atoms with Gasteiger partial charge in [-0.2, -0.15) is 0 Å². The molecule has 5 nitrogen and oxygen atoms in total. The Hall–Kier alpha value is -2.14. The van der Waals surface area contributed by atoms with Crippen molar-refractivity contribution in [1.29, 1.82) is 0 Å². The van der Waals surface area contributed by atoms with Gasteiger partial charge in [-0.1, -0.05) is 0 Å². The number of rotatable bonds is 1. The second-order valence-electron chi connectivity index (χ2n) is 5.94. The Labute approximate surface area is 123 Å². The fraction of sp³-hybridized carbons (Fsp3) is 0.375. The van der Waals surface area contributed by atoms with Gasteiger partial charge in [0.15, 0.2) is 0 Å². The van der Waals surface area contributed by atoms with Gasteiger partial charge < -0.3 is 15.6 Å². The molecule has 0 bridgehead atoms. The van der Waals surface area contributed by atoms with Crippen LogP contribution in [0, 0.1) is 0 Å². The third-order valence-corrected chi connectivity index (χ3v) is 4.48. The highest BCUT2D eigenvalue weighted by atomic mass is 15.2. The molecule has 4 rings (SSSR count). The van der Waals surface area contributed by atoms with E-state index < -0.39 is 0 Å². The molecule has 0 spiro atoms. The number of fused-ring (bicyclic) bond motifs is 3. The summed E-state index contributed by atoms with van der Waals surface area (Å²) < 4.78 is 0. The molecule has 1 aliphatic rings. The Morgan fingerprint density at radius 1 is 1.29 bits per heavy atom. The molecule has 2 unspecified atom stereocenters. The molecule has 21 heavy (non-hydrogen) atoms. The largest absolute Gasteiger partial charge is 0.352 e. The third kappa shape index (κ3) is 1.96. The lowest BCUT2D eigenvalue weighted by atomic mass is 9.99. The predicted molar refractivity (Wildman–Crippen MR) is 85.4 cm³/mol. The maximum absolute atomic E-state index is 6.17. The van der Waals surface area contributed by atoms with Crippen LogP contribution in [0.5, 0.6) is 0 Å². The first-order valence-corrected chi connectivity index (χ1v) is 7.47. The zero-order valence-electron chi connectivity index (χ0n) is 12.1. The highest BCUT2D eigenvalue weighted by Gasteiger charge is 2.26. The highest BCUT2D eigenvalue weighted by Crippen LogP contribution is 2.33. The van der Waals surface area contributed by atoms with Gasteiger partial charge in [-0.3, -0.25) is 0 Å². The summed E-state index contributed by atoms with van der Waals surface area (Å²) in [6, 6.07) is 4.78. The minimum Gasteiger partial charge on any atom is -0.352 e. The lowest BCUT2D eigenvalue weighted by Gasteiger charge is -2.38. The maximum Gasteiger partial charge on any atom is 0.137 e. The molecule has 1 aliphatic heterocycles. The van der Waals surface area contributed by atoms with Crippen molar-refractivity contribution in [2.75, 3.05) is 11.4 Å². The molecule has 0 amide bonds. The molecule has 3 aromatic heterocycles. The fourth-order valence-electron chi connectivity index (χ4n) is 3.30. The van der Waals surface area contributed by atoms with Crippen molar-refractivity contribution in [1.82, 2.24) is 15.0 Å². The number of nitrogens with one attached hydrogen (secondary N) is 1. The van der Waals surface area contributed by atoms with E-state index in [9.17, 15) is 0 Å². The molecular formula is C16H19N5. The van der Waals surface area contributed by atoms with Crippen LogP contribution in [-0.2, 0) is 0 Å². The van der Waals surface area contributed by atoms with Gasteiger partial charge in [0.1, 0.15) is 11.5 Å². The van der Waals surface area contributed by atoms with Crippen LogP contribution >= 0.6 is 0 Å². The lowest BCUT2D eigenvalue weighted by molar-refractivity contribution is 0.435. The normalized spacial score (nSPS) is 23.0. The van der Waals surface area contributed by atoms with Crippen LogP contribution in [0.15, 0.2) is 30.7 Å². The van der Waals surface area contributed by atoms with Crippen LogP contribution in [0.25, 0.3) is 21.8 Å². The number of aromatic amines is 1. The van der Waals surface area contributed by atoms with E-state index in [0.717, 1.165) is 41.6 Å². The Kier molecular flexibility index (Phi) is 2.82. The molecule has 0 radical (unpaired) electrons. The number of nitrogens with two attached hydrogens (primary N) is 1. The number of aromatic nitrogens is 3. The molecule has 2 atom stereocenters. The van der Waals surface area contributed by atoms with E-state index in [1.54, 1.807) is 0 Å². The first kappa shape index (κ1) is 12.6. The van der Waals surface area contributed by atoms with Gasteiger partial charge in [0.25, 0.3) is 0 Å². The van der Waals surface area contributed by atoms with Crippen molar-refractivity contribution in [3.8, 4) is 0 Å². The van der Waals surface area contributed by atoms with E-state index in [2.05, 4.69) is 32.8 Å². The van der Waals surface area contributed by atoms with E-state index in [0.29, 0.717) is 6.04 Å². The fourth-order valence-corrected chi connectivity index (χ4v) is 3.30. The second kappa shape index (κ2) is 4.70. The van der Waals surface area contributed by atoms with Crippen molar-refractivity contribution >= 4 is 27.6 Å². The summed E-state index contributed by atoms with van der Waals surface area (Å²) in [5.41, 5.74) is 7.08. The summed E-state index contributed by atoms with van der Waals surface area (Å²) >= 11 is 0. The third-order valence-electron chi connectivity index (χ3n) is 4.48. The van der Waals surface area contributed by atoms with Gasteiger partial charge in [0.2, 0.25) is 0 Å². The molecule has 108 valence electrons. The van der Waals surface area contributed by atoms with Crippen LogP contribution in [0.4, 0.5) is 5.82 Å². The van der Waals surface area contributed by atoms with Gasteiger partial charge in [0, 0.05) is 53.4 Å². The van der Waals surface area contributed by atoms with E-state index >= 15 is 0 Å². The zero-order valence-corrected chi connectivity index (χ0v) is 12.1. The summed E-state index contributed by atoms with van der Waals surface area (Å²) in [5.74, 6) is 1.03. The van der Waals surface area contributed by atoms with Crippen LogP contribution < -0.4 is 10.6 Å². The van der Waals surface area contributed by atoms with Crippen LogP contribution in [0.1, 0.15) is 19.8 Å². The van der Waals surface area contributed by atoms with Gasteiger partial charge >= 0.3 is 0 Å². The molecule has 4 heterocycles. The number of pyridine rings is 2. The summed E-state index contributed by atoms with van der Waals surface area (Å²) in [6.07, 6.45) is 7.90. The number of piperidine rings is 1. The minimum atomic E-state index is 0.224. The van der Waals surface area contributed by atoms with E-state index in [1.807, 2.05) is 24.7 Å². The van der Waals surface area contributed by atoms with Crippen molar-refractivity contribution in [2.24, 2.45) is 5.73 Å². The highest BCUT2D eigenvalue weighted by molar-refractivity contribution is 6.10. The minimum absolute atomic E-state index is 0.224. The number of hydrogen-bond donors (Lipinski definition) is 2. The first-order valence-electron chi connectivity index (χ1n) is 7.47. The predicted octanol–water partition coefficient (Wildman–Crippen LogP) is 2.43. The first-order chi connectivity index (χ1) is 10.2. The quantitative estimate of drug-likeness (QED) is 0.718. The Morgan fingerprint density at radius 2 is 2.19 bits per heavy atom. The summed E-state index contributed by atoms with van der Waals surface area (Å²) in [5, 5.41) is 3.42. The topological polar surface area (TPSA) is 70.8 Å². The van der Waals surface area contributed by atoms with Crippen molar-refractivity contribution in [3.05, 3.63) is 30.7 Å². The van der Waals surface area contributed by atoms with Crippen LogP contribution in [0.3, 0.4) is 0 Å². The SMILES string of the molecule is CC1CCC(N)CN1c1nccc2cnc3[nH]ccc3c12. The zero-order chi connectivity index (χ0) is 14.4. The number of anilines is 1. The number of hydrogen-bond acceptors (Lipinski definition) is 4. The standard InChI is InChI=1S/C16H19N5/c1-10-2-3-12(17)9-21(10)16-14-11(4-6-19-16)8-20-15-13(14)5-7-18-15/h4-8,10,12H,2-3,9,17H2,1H3,(H,18,20). The number of nitrogens with zero attached hydrogens (tertiary/aromatic N) is 3. The van der Waals surface area contributed by atoms with Crippen molar-refractivity contribution < 1.29 is 0 Å². The van der Waals surface area contributed by atoms with E-state index in [4.69, 9.17) is 5.73 Å². The van der Waals surface area contributed by atoms with Crippen LogP contribution in [0.2, 0.25) is 0 Å². The summed E-state index contributed by atoms with van der Waals surface area (Å²) in [4.78, 5) is 14.7. The van der Waals surface area contributed by atoms with E-state index in [1.165, 1.54) is 5.39 Å².